The molecule has 0 radical (unpaired) electrons. The maximum absolute atomic E-state index is 12.1. The first-order valence-corrected chi connectivity index (χ1v) is 6.50. The van der Waals surface area contributed by atoms with Crippen molar-refractivity contribution in [2.75, 3.05) is 7.11 Å². The smallest absolute Gasteiger partial charge is 0.326 e. The Bertz CT molecular complexity index is 815. The molecule has 0 unspecified atom stereocenters. The van der Waals surface area contributed by atoms with E-state index in [-0.39, 0.29) is 5.69 Å². The number of methoxy groups -OCH3 is 1. The minimum atomic E-state index is -0.0860. The van der Waals surface area contributed by atoms with Gasteiger partial charge in [-0.05, 0) is 36.2 Å². The van der Waals surface area contributed by atoms with Crippen LogP contribution >= 0.6 is 0 Å². The van der Waals surface area contributed by atoms with Gasteiger partial charge in [0.1, 0.15) is 5.75 Å². The van der Waals surface area contributed by atoms with Gasteiger partial charge in [0, 0.05) is 0 Å². The number of aromatic amines is 1. The summed E-state index contributed by atoms with van der Waals surface area (Å²) in [5.41, 5.74) is 3.85. The van der Waals surface area contributed by atoms with Crippen LogP contribution in [-0.4, -0.2) is 16.7 Å². The summed E-state index contributed by atoms with van der Waals surface area (Å²) in [4.78, 5) is 15.0. The van der Waals surface area contributed by atoms with Gasteiger partial charge in [-0.25, -0.2) is 4.79 Å². The molecule has 3 aromatic rings. The maximum atomic E-state index is 12.1. The Balaban J connectivity index is 2.08. The van der Waals surface area contributed by atoms with Crippen molar-refractivity contribution in [3.8, 4) is 5.75 Å². The van der Waals surface area contributed by atoms with Crippen LogP contribution in [0.25, 0.3) is 11.0 Å². The lowest BCUT2D eigenvalue weighted by Crippen LogP contribution is -2.17. The minimum absolute atomic E-state index is 0.0860. The third kappa shape index (κ3) is 2.09. The molecule has 0 spiro atoms. The normalized spacial score (nSPS) is 10.9. The van der Waals surface area contributed by atoms with E-state index in [0.29, 0.717) is 6.54 Å². The molecule has 0 saturated heterocycles. The van der Waals surface area contributed by atoms with E-state index in [4.69, 9.17) is 4.74 Å². The predicted molar refractivity (Wildman–Crippen MR) is 79.4 cm³/mol. The molecule has 4 heteroatoms. The first kappa shape index (κ1) is 12.5. The quantitative estimate of drug-likeness (QED) is 0.794. The Morgan fingerprint density at radius 3 is 2.80 bits per heavy atom. The van der Waals surface area contributed by atoms with Crippen molar-refractivity contribution in [2.24, 2.45) is 0 Å². The molecule has 0 aliphatic carbocycles. The molecule has 1 heterocycles. The standard InChI is InChI=1S/C16H16N2O2/c1-11-5-3-8-14-15(11)17-16(19)18(14)10-12-6-4-7-13(9-12)20-2/h3-9H,10H2,1-2H3,(H,17,19). The van der Waals surface area contributed by atoms with Crippen LogP contribution in [0.15, 0.2) is 47.3 Å². The Morgan fingerprint density at radius 2 is 2.00 bits per heavy atom. The summed E-state index contributed by atoms with van der Waals surface area (Å²) in [5, 5.41) is 0. The van der Waals surface area contributed by atoms with Gasteiger partial charge in [0.2, 0.25) is 0 Å². The highest BCUT2D eigenvalue weighted by atomic mass is 16.5. The first-order valence-electron chi connectivity index (χ1n) is 6.50. The van der Waals surface area contributed by atoms with E-state index in [1.54, 1.807) is 11.7 Å². The van der Waals surface area contributed by atoms with Crippen molar-refractivity contribution in [1.82, 2.24) is 9.55 Å². The van der Waals surface area contributed by atoms with Gasteiger partial charge in [-0.3, -0.25) is 4.57 Å². The van der Waals surface area contributed by atoms with Gasteiger partial charge in [0.25, 0.3) is 0 Å². The molecule has 0 atom stereocenters. The fraction of sp³-hybridized carbons (Fsp3) is 0.188. The third-order valence-corrected chi connectivity index (χ3v) is 3.49. The zero-order valence-electron chi connectivity index (χ0n) is 11.5. The number of benzene rings is 2. The Kier molecular flexibility index (Phi) is 3.06. The number of nitrogens with zero attached hydrogens (tertiary/aromatic N) is 1. The van der Waals surface area contributed by atoms with E-state index in [2.05, 4.69) is 4.98 Å². The van der Waals surface area contributed by atoms with Gasteiger partial charge in [0.05, 0.1) is 24.7 Å². The number of hydrogen-bond donors (Lipinski definition) is 1. The fourth-order valence-corrected chi connectivity index (χ4v) is 2.43. The van der Waals surface area contributed by atoms with E-state index >= 15 is 0 Å². The summed E-state index contributed by atoms with van der Waals surface area (Å²) in [7, 11) is 1.64. The largest absolute Gasteiger partial charge is 0.497 e. The highest BCUT2D eigenvalue weighted by Gasteiger charge is 2.08. The number of aryl methyl sites for hydroxylation is 1. The van der Waals surface area contributed by atoms with Gasteiger partial charge in [-0.2, -0.15) is 0 Å². The van der Waals surface area contributed by atoms with Crippen molar-refractivity contribution in [2.45, 2.75) is 13.5 Å². The number of H-pyrrole nitrogens is 1. The second-order valence-corrected chi connectivity index (χ2v) is 4.84. The topological polar surface area (TPSA) is 47.0 Å². The molecule has 1 aromatic heterocycles. The van der Waals surface area contributed by atoms with Crippen LogP contribution in [0.4, 0.5) is 0 Å². The molecule has 1 N–H and O–H groups in total. The number of rotatable bonds is 3. The zero-order chi connectivity index (χ0) is 14.1. The lowest BCUT2D eigenvalue weighted by Gasteiger charge is -2.06. The van der Waals surface area contributed by atoms with Crippen molar-refractivity contribution in [3.63, 3.8) is 0 Å². The number of ether oxygens (including phenoxy) is 1. The van der Waals surface area contributed by atoms with E-state index in [9.17, 15) is 4.79 Å². The Hall–Kier alpha value is -2.49. The number of hydrogen-bond acceptors (Lipinski definition) is 2. The van der Waals surface area contributed by atoms with Crippen molar-refractivity contribution in [3.05, 3.63) is 64.1 Å². The number of fused-ring (bicyclic) bond motifs is 1. The van der Waals surface area contributed by atoms with Crippen LogP contribution in [-0.2, 0) is 6.54 Å². The van der Waals surface area contributed by atoms with Crippen LogP contribution in [0.1, 0.15) is 11.1 Å². The molecule has 0 aliphatic rings. The Morgan fingerprint density at radius 1 is 1.20 bits per heavy atom. The summed E-state index contributed by atoms with van der Waals surface area (Å²) in [6.45, 7) is 2.52. The average molecular weight is 268 g/mol. The van der Waals surface area contributed by atoms with E-state index in [0.717, 1.165) is 27.9 Å². The molecule has 3 rings (SSSR count). The highest BCUT2D eigenvalue weighted by molar-refractivity contribution is 5.78. The van der Waals surface area contributed by atoms with Gasteiger partial charge in [-0.15, -0.1) is 0 Å². The molecule has 4 nitrogen and oxygen atoms in total. The molecule has 0 bridgehead atoms. The molecule has 20 heavy (non-hydrogen) atoms. The van der Waals surface area contributed by atoms with Gasteiger partial charge >= 0.3 is 5.69 Å². The monoisotopic (exact) mass is 268 g/mol. The molecule has 2 aromatic carbocycles. The molecule has 0 fully saturated rings. The van der Waals surface area contributed by atoms with Crippen molar-refractivity contribution >= 4 is 11.0 Å². The van der Waals surface area contributed by atoms with Crippen LogP contribution in [0.5, 0.6) is 5.75 Å². The molecular formula is C16H16N2O2. The number of aromatic nitrogens is 2. The number of para-hydroxylation sites is 1. The van der Waals surface area contributed by atoms with Crippen LogP contribution in [0.2, 0.25) is 0 Å². The lowest BCUT2D eigenvalue weighted by molar-refractivity contribution is 0.414. The van der Waals surface area contributed by atoms with Gasteiger partial charge in [0.15, 0.2) is 0 Å². The molecule has 0 aliphatic heterocycles. The van der Waals surface area contributed by atoms with Gasteiger partial charge < -0.3 is 9.72 Å². The summed E-state index contributed by atoms with van der Waals surface area (Å²) in [5.74, 6) is 0.798. The fourth-order valence-electron chi connectivity index (χ4n) is 2.43. The van der Waals surface area contributed by atoms with Crippen molar-refractivity contribution in [1.29, 1.82) is 0 Å². The molecule has 0 amide bonds. The minimum Gasteiger partial charge on any atom is -0.497 e. The average Bonchev–Trinajstić information content (AvgIpc) is 2.78. The zero-order valence-corrected chi connectivity index (χ0v) is 11.5. The molecule has 102 valence electrons. The van der Waals surface area contributed by atoms with E-state index in [1.165, 1.54) is 0 Å². The van der Waals surface area contributed by atoms with Gasteiger partial charge in [-0.1, -0.05) is 24.3 Å². The van der Waals surface area contributed by atoms with Crippen LogP contribution < -0.4 is 10.4 Å². The van der Waals surface area contributed by atoms with E-state index in [1.807, 2.05) is 49.4 Å². The number of nitrogens with one attached hydrogen (secondary N) is 1. The summed E-state index contributed by atoms with van der Waals surface area (Å²) in [6.07, 6.45) is 0. The number of imidazole rings is 1. The predicted octanol–water partition coefficient (Wildman–Crippen LogP) is 2.69. The van der Waals surface area contributed by atoms with E-state index < -0.39 is 0 Å². The lowest BCUT2D eigenvalue weighted by atomic mass is 10.2. The SMILES string of the molecule is COc1cccc(Cn2c(=O)[nH]c3c(C)cccc32)c1. The summed E-state index contributed by atoms with van der Waals surface area (Å²) in [6, 6.07) is 13.7. The van der Waals surface area contributed by atoms with Crippen molar-refractivity contribution < 1.29 is 4.74 Å². The second kappa shape index (κ2) is 4.89. The summed E-state index contributed by atoms with van der Waals surface area (Å²) >= 11 is 0. The Labute approximate surface area is 116 Å². The van der Waals surface area contributed by atoms with Crippen LogP contribution in [0, 0.1) is 6.92 Å². The first-order chi connectivity index (χ1) is 9.69. The van der Waals surface area contributed by atoms with Crippen LogP contribution in [0.3, 0.4) is 0 Å². The summed E-state index contributed by atoms with van der Waals surface area (Å²) < 4.78 is 6.96. The highest BCUT2D eigenvalue weighted by Crippen LogP contribution is 2.17. The third-order valence-electron chi connectivity index (χ3n) is 3.49. The second-order valence-electron chi connectivity index (χ2n) is 4.84. The maximum Gasteiger partial charge on any atom is 0.326 e. The molecule has 0 saturated carbocycles. The molecular weight excluding hydrogens is 252 g/mol.